The monoisotopic (exact) mass is 444 g/mol. The van der Waals surface area contributed by atoms with Crippen molar-refractivity contribution < 1.29 is 18.7 Å². The van der Waals surface area contributed by atoms with Gasteiger partial charge in [-0.3, -0.25) is 9.59 Å². The zero-order valence-electron chi connectivity index (χ0n) is 19.5. The summed E-state index contributed by atoms with van der Waals surface area (Å²) in [5.41, 5.74) is 4.18. The summed E-state index contributed by atoms with van der Waals surface area (Å²) < 4.78 is 10.8. The van der Waals surface area contributed by atoms with Gasteiger partial charge in [0.2, 0.25) is 0 Å². The van der Waals surface area contributed by atoms with Crippen molar-refractivity contribution in [3.8, 4) is 5.75 Å². The van der Waals surface area contributed by atoms with E-state index in [2.05, 4.69) is 24.5 Å². The highest BCUT2D eigenvalue weighted by molar-refractivity contribution is 6.10. The quantitative estimate of drug-likeness (QED) is 0.412. The molecule has 3 aromatic rings. The molecule has 1 amide bonds. The molecule has 0 fully saturated rings. The number of carbonyl (C=O) groups is 2. The van der Waals surface area contributed by atoms with Crippen LogP contribution in [0.15, 0.2) is 59.0 Å². The molecule has 170 valence electrons. The van der Waals surface area contributed by atoms with Crippen molar-refractivity contribution in [1.82, 2.24) is 5.32 Å². The number of nitrogens with one attached hydrogen (secondary N) is 2. The van der Waals surface area contributed by atoms with Crippen LogP contribution in [0.25, 0.3) is 5.70 Å². The number of amides is 1. The van der Waals surface area contributed by atoms with Gasteiger partial charge in [0, 0.05) is 34.1 Å². The molecule has 6 nitrogen and oxygen atoms in total. The second kappa shape index (κ2) is 8.62. The van der Waals surface area contributed by atoms with Crippen molar-refractivity contribution in [2.75, 3.05) is 12.4 Å². The topological polar surface area (TPSA) is 80.6 Å². The molecule has 0 spiro atoms. The smallest absolute Gasteiger partial charge is 0.259 e. The summed E-state index contributed by atoms with van der Waals surface area (Å²) in [5, 5.41) is 6.33. The summed E-state index contributed by atoms with van der Waals surface area (Å²) in [6.07, 6.45) is 2.45. The van der Waals surface area contributed by atoms with Crippen LogP contribution >= 0.6 is 0 Å². The Hall–Kier alpha value is -3.80. The zero-order chi connectivity index (χ0) is 23.8. The number of methoxy groups -OCH3 is 1. The first kappa shape index (κ1) is 22.4. The minimum atomic E-state index is -0.274. The van der Waals surface area contributed by atoms with Crippen LogP contribution in [-0.4, -0.2) is 24.3 Å². The highest BCUT2D eigenvalue weighted by atomic mass is 16.5. The Morgan fingerprint density at radius 1 is 1.12 bits per heavy atom. The highest BCUT2D eigenvalue weighted by Gasteiger charge is 2.28. The predicted molar refractivity (Wildman–Crippen MR) is 129 cm³/mol. The van der Waals surface area contributed by atoms with Gasteiger partial charge >= 0.3 is 0 Å². The Labute approximate surface area is 193 Å². The van der Waals surface area contributed by atoms with Crippen LogP contribution in [0.5, 0.6) is 5.75 Å². The van der Waals surface area contributed by atoms with Crippen molar-refractivity contribution in [1.29, 1.82) is 0 Å². The third-order valence-electron chi connectivity index (χ3n) is 5.68. The maximum absolute atomic E-state index is 13.2. The lowest BCUT2D eigenvalue weighted by molar-refractivity contribution is 0.102. The van der Waals surface area contributed by atoms with Crippen molar-refractivity contribution in [2.45, 2.75) is 39.7 Å². The van der Waals surface area contributed by atoms with E-state index in [1.807, 2.05) is 18.2 Å². The number of hydrogen-bond donors (Lipinski definition) is 2. The Bertz CT molecular complexity index is 1270. The zero-order valence-corrected chi connectivity index (χ0v) is 19.5. The molecule has 0 unspecified atom stereocenters. The van der Waals surface area contributed by atoms with Crippen LogP contribution < -0.4 is 15.4 Å². The maximum atomic E-state index is 13.2. The lowest BCUT2D eigenvalue weighted by Crippen LogP contribution is -2.43. The van der Waals surface area contributed by atoms with Gasteiger partial charge in [-0.05, 0) is 70.0 Å². The van der Waals surface area contributed by atoms with E-state index >= 15 is 0 Å². The molecule has 6 heteroatoms. The summed E-state index contributed by atoms with van der Waals surface area (Å²) in [5.74, 6) is 1.54. The molecular weight excluding hydrogens is 416 g/mol. The van der Waals surface area contributed by atoms with Gasteiger partial charge in [-0.15, -0.1) is 0 Å². The number of hydrogen-bond acceptors (Lipinski definition) is 5. The van der Waals surface area contributed by atoms with Gasteiger partial charge in [0.25, 0.3) is 5.91 Å². The van der Waals surface area contributed by atoms with Gasteiger partial charge in [-0.2, -0.15) is 0 Å². The molecule has 2 N–H and O–H groups in total. The third-order valence-corrected chi connectivity index (χ3v) is 5.68. The average Bonchev–Trinajstić information content (AvgIpc) is 3.11. The molecule has 33 heavy (non-hydrogen) atoms. The molecule has 0 radical (unpaired) electrons. The predicted octanol–water partition coefficient (Wildman–Crippen LogP) is 5.31. The van der Waals surface area contributed by atoms with Crippen molar-refractivity contribution >= 4 is 23.1 Å². The third kappa shape index (κ3) is 4.85. The molecule has 0 bridgehead atoms. The Balaban J connectivity index is 1.61. The van der Waals surface area contributed by atoms with E-state index in [-0.39, 0.29) is 17.2 Å². The fourth-order valence-corrected chi connectivity index (χ4v) is 4.17. The first-order valence-electron chi connectivity index (χ1n) is 10.9. The standard InChI is InChI=1S/C27H28N2O4/c1-16-11-22(17(2)33-16)26(31)28-20-8-6-7-18(12-20)25(30)14-24-23-13-21(32-5)10-9-19(23)15-27(3,4)29-24/h6-14,29H,15H2,1-5H3,(H,28,31)/b24-14-. The Kier molecular flexibility index (Phi) is 5.85. The van der Waals surface area contributed by atoms with E-state index in [0.717, 1.165) is 29.0 Å². The van der Waals surface area contributed by atoms with E-state index in [4.69, 9.17) is 9.15 Å². The normalized spacial score (nSPS) is 15.5. The molecule has 0 saturated heterocycles. The molecular formula is C27H28N2O4. The molecule has 0 aliphatic carbocycles. The van der Waals surface area contributed by atoms with Gasteiger partial charge in [0.15, 0.2) is 5.78 Å². The number of anilines is 1. The second-order valence-corrected chi connectivity index (χ2v) is 8.99. The number of benzene rings is 2. The Morgan fingerprint density at radius 3 is 2.61 bits per heavy atom. The number of allylic oxidation sites excluding steroid dienone is 1. The number of ketones is 1. The molecule has 4 rings (SSSR count). The Morgan fingerprint density at radius 2 is 1.91 bits per heavy atom. The lowest BCUT2D eigenvalue weighted by Gasteiger charge is -2.35. The van der Waals surface area contributed by atoms with Gasteiger partial charge in [-0.25, -0.2) is 0 Å². The van der Waals surface area contributed by atoms with E-state index < -0.39 is 0 Å². The van der Waals surface area contributed by atoms with Crippen LogP contribution in [0.3, 0.4) is 0 Å². The number of fused-ring (bicyclic) bond motifs is 1. The largest absolute Gasteiger partial charge is 0.497 e. The number of rotatable bonds is 5. The van der Waals surface area contributed by atoms with Crippen molar-refractivity contribution in [3.05, 3.63) is 88.4 Å². The van der Waals surface area contributed by atoms with E-state index in [0.29, 0.717) is 28.3 Å². The van der Waals surface area contributed by atoms with Gasteiger partial charge in [0.1, 0.15) is 17.3 Å². The van der Waals surface area contributed by atoms with E-state index in [1.165, 1.54) is 0 Å². The van der Waals surface area contributed by atoms with E-state index in [9.17, 15) is 9.59 Å². The number of furan rings is 1. The first-order chi connectivity index (χ1) is 15.6. The van der Waals surface area contributed by atoms with Crippen LogP contribution in [0, 0.1) is 13.8 Å². The summed E-state index contributed by atoms with van der Waals surface area (Å²) in [6.45, 7) is 7.76. The maximum Gasteiger partial charge on any atom is 0.259 e. The molecule has 1 aromatic heterocycles. The fourth-order valence-electron chi connectivity index (χ4n) is 4.17. The number of carbonyl (C=O) groups excluding carboxylic acids is 2. The highest BCUT2D eigenvalue weighted by Crippen LogP contribution is 2.32. The molecule has 2 aromatic carbocycles. The lowest BCUT2D eigenvalue weighted by atomic mass is 9.85. The molecule has 0 saturated carbocycles. The number of ether oxygens (including phenoxy) is 1. The minimum absolute atomic E-state index is 0.157. The summed E-state index contributed by atoms with van der Waals surface area (Å²) >= 11 is 0. The van der Waals surface area contributed by atoms with Crippen LogP contribution in [0.4, 0.5) is 5.69 Å². The van der Waals surface area contributed by atoms with Crippen LogP contribution in [0.2, 0.25) is 0 Å². The molecule has 2 heterocycles. The number of aryl methyl sites for hydroxylation is 2. The van der Waals surface area contributed by atoms with Gasteiger partial charge in [-0.1, -0.05) is 18.2 Å². The SMILES string of the molecule is COc1ccc2c(c1)/C(=C/C(=O)c1cccc(NC(=O)c3cc(C)oc3C)c1)NC(C)(C)C2. The minimum Gasteiger partial charge on any atom is -0.497 e. The summed E-state index contributed by atoms with van der Waals surface area (Å²) in [7, 11) is 1.63. The van der Waals surface area contributed by atoms with Gasteiger partial charge in [0.05, 0.1) is 12.7 Å². The second-order valence-electron chi connectivity index (χ2n) is 8.99. The molecule has 0 atom stereocenters. The molecule has 1 aliphatic heterocycles. The fraction of sp³-hybridized carbons (Fsp3) is 0.259. The first-order valence-corrected chi connectivity index (χ1v) is 10.9. The van der Waals surface area contributed by atoms with Crippen LogP contribution in [0.1, 0.15) is 57.2 Å². The van der Waals surface area contributed by atoms with Crippen LogP contribution in [-0.2, 0) is 6.42 Å². The van der Waals surface area contributed by atoms with Crippen molar-refractivity contribution in [3.63, 3.8) is 0 Å². The summed E-state index contributed by atoms with van der Waals surface area (Å²) in [6, 6.07) is 14.6. The van der Waals surface area contributed by atoms with E-state index in [1.54, 1.807) is 57.4 Å². The summed E-state index contributed by atoms with van der Waals surface area (Å²) in [4.78, 5) is 25.8. The average molecular weight is 445 g/mol. The van der Waals surface area contributed by atoms with Crippen molar-refractivity contribution in [2.24, 2.45) is 0 Å². The van der Waals surface area contributed by atoms with Gasteiger partial charge < -0.3 is 19.8 Å². The molecule has 1 aliphatic rings.